The Morgan fingerprint density at radius 2 is 1.88 bits per heavy atom. The minimum atomic E-state index is -0.370. The van der Waals surface area contributed by atoms with Crippen molar-refractivity contribution in [1.82, 2.24) is 10.2 Å². The van der Waals surface area contributed by atoms with Crippen LogP contribution in [-0.2, 0) is 16.0 Å². The topological polar surface area (TPSA) is 84.9 Å². The van der Waals surface area contributed by atoms with Crippen molar-refractivity contribution < 1.29 is 18.4 Å². The van der Waals surface area contributed by atoms with Crippen LogP contribution >= 0.6 is 0 Å². The molecule has 1 amide bonds. The van der Waals surface area contributed by atoms with Gasteiger partial charge in [-0.2, -0.15) is 0 Å². The summed E-state index contributed by atoms with van der Waals surface area (Å²) >= 11 is 0. The summed E-state index contributed by atoms with van der Waals surface area (Å²) in [6, 6.07) is 9.68. The first-order chi connectivity index (χ1) is 15.4. The van der Waals surface area contributed by atoms with E-state index in [-0.39, 0.29) is 24.0 Å². The second kappa shape index (κ2) is 9.71. The third kappa shape index (κ3) is 4.95. The fourth-order valence-electron chi connectivity index (χ4n) is 4.26. The zero-order chi connectivity index (χ0) is 22.7. The van der Waals surface area contributed by atoms with E-state index in [0.29, 0.717) is 37.3 Å². The number of furan rings is 1. The van der Waals surface area contributed by atoms with Crippen LogP contribution < -0.4 is 10.9 Å². The van der Waals surface area contributed by atoms with Gasteiger partial charge in [-0.15, -0.1) is 0 Å². The van der Waals surface area contributed by atoms with Gasteiger partial charge in [0, 0.05) is 37.0 Å². The molecule has 1 fully saturated rings. The molecule has 0 saturated carbocycles. The number of benzene rings is 1. The van der Waals surface area contributed by atoms with E-state index >= 15 is 0 Å². The highest BCUT2D eigenvalue weighted by atomic mass is 16.5. The van der Waals surface area contributed by atoms with E-state index in [1.165, 1.54) is 0 Å². The van der Waals surface area contributed by atoms with Crippen LogP contribution in [0.25, 0.3) is 11.0 Å². The molecule has 1 aromatic carbocycles. The molecule has 7 heteroatoms. The van der Waals surface area contributed by atoms with Crippen molar-refractivity contribution in [3.8, 4) is 0 Å². The first-order valence-corrected chi connectivity index (χ1v) is 11.1. The van der Waals surface area contributed by atoms with E-state index in [9.17, 15) is 9.59 Å². The van der Waals surface area contributed by atoms with Crippen molar-refractivity contribution in [2.24, 2.45) is 0 Å². The lowest BCUT2D eigenvalue weighted by molar-refractivity contribution is -0.121. The maximum Gasteiger partial charge on any atom is 0.339 e. The summed E-state index contributed by atoms with van der Waals surface area (Å²) in [4.78, 5) is 27.4. The molecule has 7 nitrogen and oxygen atoms in total. The largest absolute Gasteiger partial charge is 0.465 e. The molecule has 2 aromatic heterocycles. The second-order valence-electron chi connectivity index (χ2n) is 8.41. The van der Waals surface area contributed by atoms with E-state index in [0.717, 1.165) is 41.1 Å². The molecule has 1 N–H and O–H groups in total. The fraction of sp³-hybridized carbons (Fsp3) is 0.440. The molecule has 0 aliphatic carbocycles. The molecule has 3 aromatic rings. The molecule has 170 valence electrons. The first-order valence-electron chi connectivity index (χ1n) is 11.1. The molecule has 0 spiro atoms. The third-order valence-corrected chi connectivity index (χ3v) is 6.11. The number of aryl methyl sites for hydroxylation is 3. The summed E-state index contributed by atoms with van der Waals surface area (Å²) in [5.41, 5.74) is 2.69. The van der Waals surface area contributed by atoms with Gasteiger partial charge in [-0.1, -0.05) is 12.1 Å². The minimum absolute atomic E-state index is 0.0488. The summed E-state index contributed by atoms with van der Waals surface area (Å²) in [6.07, 6.45) is 0.557. The van der Waals surface area contributed by atoms with Crippen LogP contribution in [0.2, 0.25) is 0 Å². The molecule has 0 radical (unpaired) electrons. The van der Waals surface area contributed by atoms with Crippen LogP contribution in [0.15, 0.2) is 44.0 Å². The van der Waals surface area contributed by atoms with E-state index in [4.69, 9.17) is 13.6 Å². The second-order valence-corrected chi connectivity index (χ2v) is 8.41. The molecule has 1 aliphatic heterocycles. The van der Waals surface area contributed by atoms with Gasteiger partial charge in [0.05, 0.1) is 19.3 Å². The van der Waals surface area contributed by atoms with Gasteiger partial charge in [0.25, 0.3) is 0 Å². The van der Waals surface area contributed by atoms with E-state index in [1.54, 1.807) is 0 Å². The lowest BCUT2D eigenvalue weighted by Gasteiger charge is -2.33. The predicted octanol–water partition coefficient (Wildman–Crippen LogP) is 3.43. The normalized spacial score (nSPS) is 15.7. The predicted molar refractivity (Wildman–Crippen MR) is 122 cm³/mol. The Kier molecular flexibility index (Phi) is 6.77. The standard InChI is InChI=1S/C25H30N2O5/c1-16-4-6-19-18(3)20(25(29)32-23(19)14-16)7-9-24(28)26-15-21(22-8-5-17(2)31-22)27-10-12-30-13-11-27/h4-6,8,14,21H,7,9-13,15H2,1-3H3,(H,26,28). The third-order valence-electron chi connectivity index (χ3n) is 6.11. The van der Waals surface area contributed by atoms with Gasteiger partial charge in [-0.25, -0.2) is 4.79 Å². The van der Waals surface area contributed by atoms with Crippen molar-refractivity contribution in [1.29, 1.82) is 0 Å². The molecular weight excluding hydrogens is 408 g/mol. The number of nitrogens with zero attached hydrogens (tertiary/aromatic N) is 1. The van der Waals surface area contributed by atoms with Crippen LogP contribution in [0, 0.1) is 20.8 Å². The monoisotopic (exact) mass is 438 g/mol. The van der Waals surface area contributed by atoms with E-state index < -0.39 is 0 Å². The Labute approximate surface area is 187 Å². The average molecular weight is 439 g/mol. The minimum Gasteiger partial charge on any atom is -0.465 e. The molecule has 32 heavy (non-hydrogen) atoms. The van der Waals surface area contributed by atoms with Crippen molar-refractivity contribution in [2.45, 2.75) is 39.7 Å². The summed E-state index contributed by atoms with van der Waals surface area (Å²) in [6.45, 7) is 9.14. The number of carbonyl (C=O) groups is 1. The van der Waals surface area contributed by atoms with Gasteiger partial charge in [0.2, 0.25) is 5.91 Å². The number of hydrogen-bond donors (Lipinski definition) is 1. The number of ether oxygens (including phenoxy) is 1. The highest BCUT2D eigenvalue weighted by Gasteiger charge is 2.25. The molecule has 4 rings (SSSR count). The number of fused-ring (bicyclic) bond motifs is 1. The molecule has 3 heterocycles. The molecule has 0 bridgehead atoms. The van der Waals surface area contributed by atoms with Gasteiger partial charge >= 0.3 is 5.63 Å². The van der Waals surface area contributed by atoms with Crippen LogP contribution in [0.5, 0.6) is 0 Å². The number of hydrogen-bond acceptors (Lipinski definition) is 6. The number of amides is 1. The lowest BCUT2D eigenvalue weighted by atomic mass is 10.0. The zero-order valence-corrected chi connectivity index (χ0v) is 18.9. The Balaban J connectivity index is 1.42. The number of rotatable bonds is 7. The maximum absolute atomic E-state index is 12.7. The van der Waals surface area contributed by atoms with Crippen molar-refractivity contribution in [3.63, 3.8) is 0 Å². The van der Waals surface area contributed by atoms with Crippen LogP contribution in [0.1, 0.15) is 40.7 Å². The Morgan fingerprint density at radius 3 is 2.59 bits per heavy atom. The fourth-order valence-corrected chi connectivity index (χ4v) is 4.26. The summed E-state index contributed by atoms with van der Waals surface area (Å²) < 4.78 is 16.8. The van der Waals surface area contributed by atoms with Gasteiger partial charge < -0.3 is 18.9 Å². The number of carbonyl (C=O) groups excluding carboxylic acids is 1. The Morgan fingerprint density at radius 1 is 1.09 bits per heavy atom. The smallest absolute Gasteiger partial charge is 0.339 e. The summed E-state index contributed by atoms with van der Waals surface area (Å²) in [5, 5.41) is 3.94. The SMILES string of the molecule is Cc1ccc2c(C)c(CCC(=O)NCC(c3ccc(C)o3)N3CCOCC3)c(=O)oc2c1. The Hall–Kier alpha value is -2.90. The van der Waals surface area contributed by atoms with Crippen molar-refractivity contribution in [2.75, 3.05) is 32.8 Å². The summed E-state index contributed by atoms with van der Waals surface area (Å²) in [7, 11) is 0. The Bertz CT molecular complexity index is 1160. The number of morpholine rings is 1. The van der Waals surface area contributed by atoms with Crippen LogP contribution in [0.3, 0.4) is 0 Å². The van der Waals surface area contributed by atoms with Crippen molar-refractivity contribution >= 4 is 16.9 Å². The van der Waals surface area contributed by atoms with Gasteiger partial charge in [-0.05, 0) is 56.5 Å². The number of nitrogens with one attached hydrogen (secondary N) is 1. The van der Waals surface area contributed by atoms with E-state index in [1.807, 2.05) is 51.1 Å². The van der Waals surface area contributed by atoms with Crippen molar-refractivity contribution in [3.05, 3.63) is 69.0 Å². The van der Waals surface area contributed by atoms with Crippen LogP contribution in [0.4, 0.5) is 0 Å². The molecular formula is C25H30N2O5. The van der Waals surface area contributed by atoms with Gasteiger partial charge in [-0.3, -0.25) is 9.69 Å². The first kappa shape index (κ1) is 22.3. The van der Waals surface area contributed by atoms with Gasteiger partial charge in [0.15, 0.2) is 0 Å². The molecule has 1 aliphatic rings. The van der Waals surface area contributed by atoms with Gasteiger partial charge in [0.1, 0.15) is 17.1 Å². The molecule has 1 unspecified atom stereocenters. The van der Waals surface area contributed by atoms with E-state index in [2.05, 4.69) is 10.2 Å². The van der Waals surface area contributed by atoms with Crippen LogP contribution in [-0.4, -0.2) is 43.7 Å². The maximum atomic E-state index is 12.7. The quantitative estimate of drug-likeness (QED) is 0.569. The zero-order valence-electron chi connectivity index (χ0n) is 18.9. The average Bonchev–Trinajstić information content (AvgIpc) is 3.20. The molecule has 1 atom stereocenters. The molecule has 1 saturated heterocycles. The lowest BCUT2D eigenvalue weighted by Crippen LogP contribution is -2.43. The summed E-state index contributed by atoms with van der Waals surface area (Å²) in [5.74, 6) is 1.58. The highest BCUT2D eigenvalue weighted by molar-refractivity contribution is 5.82. The highest BCUT2D eigenvalue weighted by Crippen LogP contribution is 2.24.